The van der Waals surface area contributed by atoms with E-state index in [2.05, 4.69) is 4.72 Å². The minimum Gasteiger partial charge on any atom is -0.456 e. The molecule has 3 rings (SSSR count). The zero-order chi connectivity index (χ0) is 21.6. The molecule has 0 saturated heterocycles. The van der Waals surface area contributed by atoms with Crippen molar-refractivity contribution in [2.75, 3.05) is 24.6 Å². The van der Waals surface area contributed by atoms with Gasteiger partial charge in [-0.15, -0.1) is 11.3 Å². The molecule has 1 aromatic heterocycles. The van der Waals surface area contributed by atoms with Crippen LogP contribution in [0.3, 0.4) is 0 Å². The van der Waals surface area contributed by atoms with Crippen molar-refractivity contribution in [3.63, 3.8) is 0 Å². The smallest absolute Gasteiger partial charge is 0.307 e. The fourth-order valence-corrected chi connectivity index (χ4v) is 5.06. The fourth-order valence-electron chi connectivity index (χ4n) is 2.99. The van der Waals surface area contributed by atoms with Gasteiger partial charge in [0.1, 0.15) is 4.21 Å². The van der Waals surface area contributed by atoms with Crippen molar-refractivity contribution in [1.82, 2.24) is 4.72 Å². The minimum atomic E-state index is -3.63. The summed E-state index contributed by atoms with van der Waals surface area (Å²) < 4.78 is 31.6. The van der Waals surface area contributed by atoms with Crippen molar-refractivity contribution in [2.24, 2.45) is 0 Å². The Bertz CT molecular complexity index is 1120. The average molecular weight is 447 g/mol. The van der Waals surface area contributed by atoms with Gasteiger partial charge in [0, 0.05) is 18.5 Å². The van der Waals surface area contributed by atoms with Gasteiger partial charge in [-0.1, -0.05) is 42.5 Å². The number of sulfonamides is 1. The van der Waals surface area contributed by atoms with E-state index in [0.29, 0.717) is 6.54 Å². The number of hydrogen-bond donors (Lipinski definition) is 1. The maximum Gasteiger partial charge on any atom is 0.307 e. The summed E-state index contributed by atoms with van der Waals surface area (Å²) in [5.41, 5.74) is 0.750. The van der Waals surface area contributed by atoms with Crippen LogP contribution in [0.1, 0.15) is 13.3 Å². The third kappa shape index (κ3) is 5.24. The maximum atomic E-state index is 12.6. The second-order valence-electron chi connectivity index (χ2n) is 6.38. The van der Waals surface area contributed by atoms with Crippen molar-refractivity contribution in [3.05, 3.63) is 60.0 Å². The zero-order valence-corrected chi connectivity index (χ0v) is 18.0. The van der Waals surface area contributed by atoms with Gasteiger partial charge in [0.15, 0.2) is 6.61 Å². The fraction of sp³-hybridized carbons (Fsp3) is 0.238. The van der Waals surface area contributed by atoms with Crippen LogP contribution < -0.4 is 9.62 Å². The van der Waals surface area contributed by atoms with Crippen LogP contribution in [-0.2, 0) is 24.3 Å². The van der Waals surface area contributed by atoms with Gasteiger partial charge in [0.2, 0.25) is 10.0 Å². The molecule has 30 heavy (non-hydrogen) atoms. The molecule has 158 valence electrons. The molecule has 0 aliphatic carbocycles. The van der Waals surface area contributed by atoms with E-state index >= 15 is 0 Å². The van der Waals surface area contributed by atoms with Crippen molar-refractivity contribution in [3.8, 4) is 0 Å². The number of nitrogens with one attached hydrogen (secondary N) is 1. The van der Waals surface area contributed by atoms with Crippen LogP contribution in [-0.4, -0.2) is 40.0 Å². The first-order valence-electron chi connectivity index (χ1n) is 9.39. The van der Waals surface area contributed by atoms with Gasteiger partial charge in [-0.05, 0) is 29.8 Å². The molecule has 0 aliphatic heterocycles. The topological polar surface area (TPSA) is 92.8 Å². The highest BCUT2D eigenvalue weighted by Gasteiger charge is 2.19. The van der Waals surface area contributed by atoms with Gasteiger partial charge in [-0.2, -0.15) is 0 Å². The second kappa shape index (κ2) is 9.84. The summed E-state index contributed by atoms with van der Waals surface area (Å²) in [7, 11) is -3.63. The number of fused-ring (bicyclic) bond motifs is 1. The molecular formula is C21H22N2O5S2. The normalized spacial score (nSPS) is 11.4. The van der Waals surface area contributed by atoms with Gasteiger partial charge >= 0.3 is 5.97 Å². The molecule has 0 fully saturated rings. The quantitative estimate of drug-likeness (QED) is 0.510. The largest absolute Gasteiger partial charge is 0.456 e. The first-order valence-corrected chi connectivity index (χ1v) is 11.8. The molecule has 0 aliphatic rings. The van der Waals surface area contributed by atoms with E-state index < -0.39 is 22.6 Å². The Hall–Kier alpha value is -2.75. The SMILES string of the molecule is CCN(C(=O)COC(=O)CCNS(=O)(=O)c1cccs1)c1cccc2ccccc12. The lowest BCUT2D eigenvalue weighted by Gasteiger charge is -2.22. The average Bonchev–Trinajstić information content (AvgIpc) is 3.29. The molecule has 3 aromatic rings. The van der Waals surface area contributed by atoms with Crippen molar-refractivity contribution >= 4 is 49.7 Å². The predicted molar refractivity (Wildman–Crippen MR) is 117 cm³/mol. The number of thiophene rings is 1. The van der Waals surface area contributed by atoms with E-state index in [0.717, 1.165) is 27.8 Å². The third-order valence-corrected chi connectivity index (χ3v) is 7.27. The molecule has 1 heterocycles. The number of anilines is 1. The highest BCUT2D eigenvalue weighted by atomic mass is 32.2. The van der Waals surface area contributed by atoms with E-state index in [4.69, 9.17) is 4.74 Å². The Kier molecular flexibility index (Phi) is 7.20. The Labute approximate surface area is 179 Å². The van der Waals surface area contributed by atoms with Gasteiger partial charge in [0.05, 0.1) is 12.1 Å². The molecule has 0 radical (unpaired) electrons. The van der Waals surface area contributed by atoms with E-state index in [-0.39, 0.29) is 23.1 Å². The van der Waals surface area contributed by atoms with Crippen LogP contribution in [0.25, 0.3) is 10.8 Å². The molecule has 1 N–H and O–H groups in total. The van der Waals surface area contributed by atoms with Crippen LogP contribution in [0.5, 0.6) is 0 Å². The van der Waals surface area contributed by atoms with Gasteiger partial charge in [-0.3, -0.25) is 9.59 Å². The number of hydrogen-bond acceptors (Lipinski definition) is 6. The van der Waals surface area contributed by atoms with Gasteiger partial charge in [-0.25, -0.2) is 13.1 Å². The van der Waals surface area contributed by atoms with Crippen LogP contribution >= 0.6 is 11.3 Å². The predicted octanol–water partition coefficient (Wildman–Crippen LogP) is 3.17. The van der Waals surface area contributed by atoms with Crippen molar-refractivity contribution in [1.29, 1.82) is 0 Å². The van der Waals surface area contributed by atoms with E-state index in [1.165, 1.54) is 6.07 Å². The number of amides is 1. The summed E-state index contributed by atoms with van der Waals surface area (Å²) >= 11 is 1.09. The molecule has 0 bridgehead atoms. The van der Waals surface area contributed by atoms with E-state index in [1.807, 2.05) is 49.4 Å². The molecule has 9 heteroatoms. The number of carbonyl (C=O) groups excluding carboxylic acids is 2. The van der Waals surface area contributed by atoms with Crippen molar-refractivity contribution in [2.45, 2.75) is 17.6 Å². The Morgan fingerprint density at radius 3 is 2.57 bits per heavy atom. The molecule has 0 saturated carbocycles. The molecule has 0 unspecified atom stereocenters. The lowest BCUT2D eigenvalue weighted by atomic mass is 10.1. The van der Waals surface area contributed by atoms with Crippen LogP contribution in [0, 0.1) is 0 Å². The lowest BCUT2D eigenvalue weighted by Crippen LogP contribution is -2.35. The summed E-state index contributed by atoms with van der Waals surface area (Å²) in [4.78, 5) is 26.2. The lowest BCUT2D eigenvalue weighted by molar-refractivity contribution is -0.147. The van der Waals surface area contributed by atoms with Gasteiger partial charge in [0.25, 0.3) is 5.91 Å². The number of ether oxygens (including phenoxy) is 1. The third-order valence-electron chi connectivity index (χ3n) is 4.41. The number of likely N-dealkylation sites (N-methyl/N-ethyl adjacent to an activating group) is 1. The van der Waals surface area contributed by atoms with Crippen LogP contribution in [0.4, 0.5) is 5.69 Å². The first kappa shape index (κ1) is 21.9. The second-order valence-corrected chi connectivity index (χ2v) is 9.32. The molecule has 0 spiro atoms. The molecular weight excluding hydrogens is 424 g/mol. The monoisotopic (exact) mass is 446 g/mol. The van der Waals surface area contributed by atoms with Gasteiger partial charge < -0.3 is 9.64 Å². The summed E-state index contributed by atoms with van der Waals surface area (Å²) in [5, 5.41) is 3.60. The number of rotatable bonds is 9. The highest BCUT2D eigenvalue weighted by molar-refractivity contribution is 7.91. The Morgan fingerprint density at radius 2 is 1.83 bits per heavy atom. The maximum absolute atomic E-state index is 12.6. The standard InChI is InChI=1S/C21H22N2O5S2/c1-2-23(18-10-5-8-16-7-3-4-9-17(16)18)19(24)15-28-20(25)12-13-22-30(26,27)21-11-6-14-29-21/h3-11,14,22H,2,12-13,15H2,1H3. The summed E-state index contributed by atoms with van der Waals surface area (Å²) in [5.74, 6) is -0.993. The molecule has 1 amide bonds. The summed E-state index contributed by atoms with van der Waals surface area (Å²) in [6, 6.07) is 16.5. The Morgan fingerprint density at radius 1 is 1.07 bits per heavy atom. The molecule has 2 aromatic carbocycles. The minimum absolute atomic E-state index is 0.103. The van der Waals surface area contributed by atoms with Crippen molar-refractivity contribution < 1.29 is 22.7 Å². The first-order chi connectivity index (χ1) is 14.4. The number of benzene rings is 2. The zero-order valence-electron chi connectivity index (χ0n) is 16.4. The number of esters is 1. The van der Waals surface area contributed by atoms with Crippen LogP contribution in [0.15, 0.2) is 64.2 Å². The summed E-state index contributed by atoms with van der Waals surface area (Å²) in [6.07, 6.45) is -0.168. The van der Waals surface area contributed by atoms with Crippen LogP contribution in [0.2, 0.25) is 0 Å². The van der Waals surface area contributed by atoms with E-state index in [1.54, 1.807) is 16.3 Å². The summed E-state index contributed by atoms with van der Waals surface area (Å²) in [6.45, 7) is 1.76. The van der Waals surface area contributed by atoms with E-state index in [9.17, 15) is 18.0 Å². The molecule has 0 atom stereocenters. The number of nitrogens with zero attached hydrogens (tertiary/aromatic N) is 1. The Balaban J connectivity index is 1.54. The number of carbonyl (C=O) groups is 2. The highest BCUT2D eigenvalue weighted by Crippen LogP contribution is 2.26. The molecule has 7 nitrogen and oxygen atoms in total.